The molecule has 1 aromatic carbocycles. The number of anilines is 1. The Labute approximate surface area is 173 Å². The molecule has 1 aromatic rings. The number of carbonyl (C=O) groups is 2. The zero-order valence-electron chi connectivity index (χ0n) is 15.4. The highest BCUT2D eigenvalue weighted by molar-refractivity contribution is 6.37. The van der Waals surface area contributed by atoms with Gasteiger partial charge in [0.1, 0.15) is 12.4 Å². The van der Waals surface area contributed by atoms with Crippen molar-refractivity contribution in [1.29, 1.82) is 0 Å². The predicted molar refractivity (Wildman–Crippen MR) is 108 cm³/mol. The maximum Gasteiger partial charge on any atom is 0.245 e. The first kappa shape index (κ1) is 20.8. The van der Waals surface area contributed by atoms with Gasteiger partial charge in [-0.05, 0) is 12.1 Å². The van der Waals surface area contributed by atoms with E-state index in [1.807, 2.05) is 4.90 Å². The van der Waals surface area contributed by atoms with Gasteiger partial charge in [0.15, 0.2) is 0 Å². The lowest BCUT2D eigenvalue weighted by Crippen LogP contribution is -2.37. The molecule has 3 rings (SSSR count). The fraction of sp³-hybridized carbons (Fsp3) is 0.474. The molecule has 0 spiro atoms. The molecule has 152 valence electrons. The van der Waals surface area contributed by atoms with Gasteiger partial charge >= 0.3 is 0 Å². The Morgan fingerprint density at radius 3 is 2.43 bits per heavy atom. The zero-order valence-corrected chi connectivity index (χ0v) is 16.9. The van der Waals surface area contributed by atoms with Crippen LogP contribution in [0.1, 0.15) is 0 Å². The Bertz CT molecular complexity index is 760. The predicted octanol–water partition coefficient (Wildman–Crippen LogP) is 1.88. The second-order valence-electron chi connectivity index (χ2n) is 6.95. The number of aliphatic hydroxyl groups excluding tert-OH is 1. The number of fused-ring (bicyclic) bond motifs is 1. The summed E-state index contributed by atoms with van der Waals surface area (Å²) < 4.78 is 5.36. The van der Waals surface area contributed by atoms with E-state index in [0.29, 0.717) is 59.5 Å². The highest BCUT2D eigenvalue weighted by Crippen LogP contribution is 2.35. The minimum atomic E-state index is -0.132. The van der Waals surface area contributed by atoms with E-state index in [1.165, 1.54) is 12.1 Å². The molecule has 2 amide bonds. The molecule has 2 aliphatic heterocycles. The van der Waals surface area contributed by atoms with Crippen LogP contribution in [0.3, 0.4) is 0 Å². The van der Waals surface area contributed by atoms with Crippen molar-refractivity contribution in [2.24, 2.45) is 11.8 Å². The largest absolute Gasteiger partial charge is 0.490 e. The average Bonchev–Trinajstić information content (AvgIpc) is 3.25. The molecule has 0 radical (unpaired) electrons. The normalized spacial score (nSPS) is 20.8. The van der Waals surface area contributed by atoms with Crippen molar-refractivity contribution in [3.05, 3.63) is 34.8 Å². The average molecular weight is 428 g/mol. The van der Waals surface area contributed by atoms with E-state index >= 15 is 0 Å². The fourth-order valence-corrected chi connectivity index (χ4v) is 4.22. The van der Waals surface area contributed by atoms with E-state index in [4.69, 9.17) is 33.0 Å². The molecule has 9 heteroatoms. The van der Waals surface area contributed by atoms with Crippen LogP contribution in [0.5, 0.6) is 5.75 Å². The van der Waals surface area contributed by atoms with Gasteiger partial charge in [-0.25, -0.2) is 0 Å². The Balaban J connectivity index is 1.54. The van der Waals surface area contributed by atoms with Crippen molar-refractivity contribution in [3.63, 3.8) is 0 Å². The number of halogens is 2. The van der Waals surface area contributed by atoms with E-state index in [9.17, 15) is 9.59 Å². The molecule has 2 saturated heterocycles. The number of rotatable bonds is 7. The van der Waals surface area contributed by atoms with Crippen LogP contribution in [0.2, 0.25) is 10.0 Å². The number of carbonyl (C=O) groups excluding carboxylic acids is 2. The molecule has 7 nitrogen and oxygen atoms in total. The molecule has 2 unspecified atom stereocenters. The third-order valence-electron chi connectivity index (χ3n) is 5.13. The minimum absolute atomic E-state index is 0.0279. The number of aliphatic hydroxyl groups is 1. The number of ether oxygens (including phenoxy) is 1. The lowest BCUT2D eigenvalue weighted by molar-refractivity contribution is -0.128. The molecular formula is C19H23Cl2N3O4. The third-order valence-corrected chi connectivity index (χ3v) is 5.73. The fourth-order valence-electron chi connectivity index (χ4n) is 3.72. The van der Waals surface area contributed by atoms with Crippen LogP contribution < -0.4 is 10.1 Å². The monoisotopic (exact) mass is 427 g/mol. The highest BCUT2D eigenvalue weighted by atomic mass is 35.5. The van der Waals surface area contributed by atoms with Gasteiger partial charge < -0.3 is 25.0 Å². The van der Waals surface area contributed by atoms with Crippen LogP contribution in [0, 0.1) is 11.8 Å². The van der Waals surface area contributed by atoms with Gasteiger partial charge in [-0.2, -0.15) is 0 Å². The van der Waals surface area contributed by atoms with E-state index in [-0.39, 0.29) is 31.6 Å². The zero-order chi connectivity index (χ0) is 20.3. The molecule has 2 atom stereocenters. The summed E-state index contributed by atoms with van der Waals surface area (Å²) in [4.78, 5) is 28.0. The summed E-state index contributed by atoms with van der Waals surface area (Å²) in [5.74, 6) is 0.930. The van der Waals surface area contributed by atoms with Crippen molar-refractivity contribution in [2.75, 3.05) is 51.3 Å². The Hall–Kier alpha value is -1.96. The van der Waals surface area contributed by atoms with Crippen molar-refractivity contribution in [1.82, 2.24) is 9.80 Å². The van der Waals surface area contributed by atoms with Gasteiger partial charge in [-0.3, -0.25) is 9.59 Å². The standard InChI is InChI=1S/C19H23Cl2N3O4/c1-2-18(26)23-8-12-10-24(11-13(12)9-23)19(27)7-22-16-6-17(28-4-3-25)15(21)5-14(16)20/h2,5-6,12-13,22,25H,1,3-4,7-11H2. The van der Waals surface area contributed by atoms with Crippen LogP contribution in [-0.2, 0) is 9.59 Å². The maximum atomic E-state index is 12.6. The summed E-state index contributed by atoms with van der Waals surface area (Å²) in [6.07, 6.45) is 1.34. The molecule has 2 aliphatic rings. The van der Waals surface area contributed by atoms with E-state index in [1.54, 1.807) is 11.0 Å². The van der Waals surface area contributed by atoms with Crippen molar-refractivity contribution >= 4 is 40.7 Å². The van der Waals surface area contributed by atoms with E-state index < -0.39 is 0 Å². The molecule has 0 bridgehead atoms. The first-order valence-corrected chi connectivity index (χ1v) is 9.84. The van der Waals surface area contributed by atoms with E-state index in [0.717, 1.165) is 0 Å². The molecule has 2 N–H and O–H groups in total. The Kier molecular flexibility index (Phi) is 6.69. The molecule has 0 aliphatic carbocycles. The lowest BCUT2D eigenvalue weighted by Gasteiger charge is -2.21. The minimum Gasteiger partial charge on any atom is -0.490 e. The van der Waals surface area contributed by atoms with Crippen LogP contribution in [0.4, 0.5) is 5.69 Å². The molecule has 0 aromatic heterocycles. The SMILES string of the molecule is C=CC(=O)N1CC2CN(C(=O)CNc3cc(OCCO)c(Cl)cc3Cl)CC2C1. The quantitative estimate of drug-likeness (QED) is 0.649. The van der Waals surface area contributed by atoms with Crippen LogP contribution in [0.15, 0.2) is 24.8 Å². The number of nitrogens with one attached hydrogen (secondary N) is 1. The van der Waals surface area contributed by atoms with Gasteiger partial charge in [-0.15, -0.1) is 0 Å². The number of likely N-dealkylation sites (tertiary alicyclic amines) is 2. The van der Waals surface area contributed by atoms with Crippen molar-refractivity contribution in [2.45, 2.75) is 0 Å². The van der Waals surface area contributed by atoms with Gasteiger partial charge in [0.05, 0.1) is 28.9 Å². The summed E-state index contributed by atoms with van der Waals surface area (Å²) >= 11 is 12.3. The number of hydrogen-bond acceptors (Lipinski definition) is 5. The maximum absolute atomic E-state index is 12.6. The first-order valence-electron chi connectivity index (χ1n) is 9.08. The van der Waals surface area contributed by atoms with Crippen LogP contribution in [0.25, 0.3) is 0 Å². The topological polar surface area (TPSA) is 82.1 Å². The summed E-state index contributed by atoms with van der Waals surface area (Å²) in [6.45, 7) is 6.22. The highest BCUT2D eigenvalue weighted by Gasteiger charge is 2.42. The van der Waals surface area contributed by atoms with Gasteiger partial charge in [0.25, 0.3) is 0 Å². The summed E-state index contributed by atoms with van der Waals surface area (Å²) in [5, 5.41) is 12.6. The smallest absolute Gasteiger partial charge is 0.245 e. The Morgan fingerprint density at radius 2 is 1.82 bits per heavy atom. The van der Waals surface area contributed by atoms with E-state index in [2.05, 4.69) is 11.9 Å². The molecule has 0 saturated carbocycles. The molecule has 2 heterocycles. The number of amides is 2. The van der Waals surface area contributed by atoms with Gasteiger partial charge in [-0.1, -0.05) is 29.8 Å². The Morgan fingerprint density at radius 1 is 1.18 bits per heavy atom. The third kappa shape index (κ3) is 4.54. The van der Waals surface area contributed by atoms with Crippen molar-refractivity contribution in [3.8, 4) is 5.75 Å². The molecule has 2 fully saturated rings. The summed E-state index contributed by atoms with van der Waals surface area (Å²) in [7, 11) is 0. The summed E-state index contributed by atoms with van der Waals surface area (Å²) in [5.41, 5.74) is 0.537. The van der Waals surface area contributed by atoms with Crippen LogP contribution >= 0.6 is 23.2 Å². The van der Waals surface area contributed by atoms with Crippen LogP contribution in [-0.4, -0.2) is 72.7 Å². The first-order chi connectivity index (χ1) is 13.4. The van der Waals surface area contributed by atoms with Gasteiger partial charge in [0.2, 0.25) is 11.8 Å². The lowest BCUT2D eigenvalue weighted by atomic mass is 10.0. The molecule has 28 heavy (non-hydrogen) atoms. The molecular weight excluding hydrogens is 405 g/mol. The second-order valence-corrected chi connectivity index (χ2v) is 7.77. The number of benzene rings is 1. The van der Waals surface area contributed by atoms with Crippen molar-refractivity contribution < 1.29 is 19.4 Å². The second kappa shape index (κ2) is 9.03. The van der Waals surface area contributed by atoms with Gasteiger partial charge in [0, 0.05) is 44.1 Å². The number of nitrogens with zero attached hydrogens (tertiary/aromatic N) is 2. The number of hydrogen-bond donors (Lipinski definition) is 2. The summed E-state index contributed by atoms with van der Waals surface area (Å²) in [6, 6.07) is 3.15.